The summed E-state index contributed by atoms with van der Waals surface area (Å²) in [4.78, 5) is 11.8. The number of aryl methyl sites for hydroxylation is 2. The highest BCUT2D eigenvalue weighted by Crippen LogP contribution is 2.38. The van der Waals surface area contributed by atoms with E-state index in [1.54, 1.807) is 0 Å². The van der Waals surface area contributed by atoms with E-state index in [9.17, 15) is 9.90 Å². The van der Waals surface area contributed by atoms with Crippen LogP contribution in [0.3, 0.4) is 0 Å². The van der Waals surface area contributed by atoms with Gasteiger partial charge in [-0.25, -0.2) is 0 Å². The molecular weight excluding hydrogens is 214 g/mol. The van der Waals surface area contributed by atoms with Gasteiger partial charge in [0.05, 0.1) is 6.61 Å². The molecule has 0 heterocycles. The molecule has 3 heteroatoms. The molecule has 0 bridgehead atoms. The molecule has 2 rings (SSSR count). The Balaban J connectivity index is 2.17. The largest absolute Gasteiger partial charge is 0.392 e. The van der Waals surface area contributed by atoms with Crippen LogP contribution in [0.5, 0.6) is 0 Å². The van der Waals surface area contributed by atoms with Crippen molar-refractivity contribution < 1.29 is 9.90 Å². The lowest BCUT2D eigenvalue weighted by molar-refractivity contribution is -0.117. The smallest absolute Gasteiger partial charge is 0.227 e. The molecular formula is C14H19NO2. The highest BCUT2D eigenvalue weighted by Gasteiger charge is 2.39. The number of aliphatic hydroxyl groups is 1. The average Bonchev–Trinajstić information content (AvgIpc) is 2.99. The Morgan fingerprint density at radius 1 is 1.41 bits per heavy atom. The third-order valence-corrected chi connectivity index (χ3v) is 3.56. The summed E-state index contributed by atoms with van der Waals surface area (Å²) in [5, 5.41) is 12.2. The second-order valence-electron chi connectivity index (χ2n) is 5.06. The van der Waals surface area contributed by atoms with Crippen LogP contribution in [0.15, 0.2) is 12.1 Å². The van der Waals surface area contributed by atoms with Crippen LogP contribution in [0.25, 0.3) is 0 Å². The van der Waals surface area contributed by atoms with Gasteiger partial charge in [-0.3, -0.25) is 4.79 Å². The minimum Gasteiger partial charge on any atom is -0.392 e. The van der Waals surface area contributed by atoms with E-state index in [1.165, 1.54) is 0 Å². The number of rotatable bonds is 3. The zero-order chi connectivity index (χ0) is 12.6. The van der Waals surface area contributed by atoms with Crippen LogP contribution in [-0.4, -0.2) is 11.0 Å². The van der Waals surface area contributed by atoms with Crippen molar-refractivity contribution in [3.05, 3.63) is 28.8 Å². The molecule has 0 spiro atoms. The van der Waals surface area contributed by atoms with Gasteiger partial charge in [-0.05, 0) is 48.9 Å². The quantitative estimate of drug-likeness (QED) is 0.842. The molecule has 0 saturated heterocycles. The van der Waals surface area contributed by atoms with Crippen molar-refractivity contribution in [1.82, 2.24) is 0 Å². The van der Waals surface area contributed by atoms with Crippen LogP contribution < -0.4 is 5.32 Å². The third kappa shape index (κ3) is 2.50. The van der Waals surface area contributed by atoms with Crippen molar-refractivity contribution >= 4 is 11.6 Å². The molecule has 1 aliphatic carbocycles. The summed E-state index contributed by atoms with van der Waals surface area (Å²) in [6, 6.07) is 3.87. The molecule has 0 aliphatic heterocycles. The highest BCUT2D eigenvalue weighted by atomic mass is 16.3. The van der Waals surface area contributed by atoms with Crippen molar-refractivity contribution in [3.63, 3.8) is 0 Å². The predicted octanol–water partition coefficient (Wildman–Crippen LogP) is 2.39. The Morgan fingerprint density at radius 3 is 2.59 bits per heavy atom. The normalized spacial score (nSPS) is 22.4. The minimum absolute atomic E-state index is 0.00875. The Morgan fingerprint density at radius 2 is 2.06 bits per heavy atom. The summed E-state index contributed by atoms with van der Waals surface area (Å²) < 4.78 is 0. The second-order valence-corrected chi connectivity index (χ2v) is 5.06. The standard InChI is InChI=1S/C14H19NO2/c1-8-4-10(3)13(6-11(8)7-16)15-14(17)12-5-9(12)2/h4,6,9,12,16H,5,7H2,1-3H3,(H,15,17)/t9-,12+/m0/s1. The van der Waals surface area contributed by atoms with Crippen molar-refractivity contribution in [1.29, 1.82) is 0 Å². The predicted molar refractivity (Wildman–Crippen MR) is 67.7 cm³/mol. The Bertz CT molecular complexity index is 454. The van der Waals surface area contributed by atoms with Crippen LogP contribution in [-0.2, 0) is 11.4 Å². The molecule has 2 N–H and O–H groups in total. The highest BCUT2D eigenvalue weighted by molar-refractivity contribution is 5.95. The number of carbonyl (C=O) groups is 1. The number of carbonyl (C=O) groups excluding carboxylic acids is 1. The van der Waals surface area contributed by atoms with E-state index in [-0.39, 0.29) is 18.4 Å². The van der Waals surface area contributed by atoms with E-state index < -0.39 is 0 Å². The summed E-state index contributed by atoms with van der Waals surface area (Å²) >= 11 is 0. The summed E-state index contributed by atoms with van der Waals surface area (Å²) in [5.41, 5.74) is 3.79. The molecule has 0 unspecified atom stereocenters. The van der Waals surface area contributed by atoms with Gasteiger partial charge in [0.15, 0.2) is 0 Å². The van der Waals surface area contributed by atoms with Gasteiger partial charge in [-0.15, -0.1) is 0 Å². The van der Waals surface area contributed by atoms with Crippen LogP contribution in [0.2, 0.25) is 0 Å². The van der Waals surface area contributed by atoms with Gasteiger partial charge < -0.3 is 10.4 Å². The molecule has 0 radical (unpaired) electrons. The Labute approximate surface area is 102 Å². The molecule has 1 saturated carbocycles. The first-order chi connectivity index (χ1) is 8.02. The Kier molecular flexibility index (Phi) is 3.20. The van der Waals surface area contributed by atoms with Crippen LogP contribution in [0.1, 0.15) is 30.0 Å². The second kappa shape index (κ2) is 4.49. The van der Waals surface area contributed by atoms with E-state index in [4.69, 9.17) is 0 Å². The first kappa shape index (κ1) is 12.1. The van der Waals surface area contributed by atoms with Gasteiger partial charge in [0.25, 0.3) is 0 Å². The van der Waals surface area contributed by atoms with Gasteiger partial charge in [0, 0.05) is 11.6 Å². The fourth-order valence-electron chi connectivity index (χ4n) is 2.11. The number of anilines is 1. The molecule has 0 aromatic heterocycles. The summed E-state index contributed by atoms with van der Waals surface area (Å²) in [6.07, 6.45) is 0.990. The van der Waals surface area contributed by atoms with Gasteiger partial charge in [0.2, 0.25) is 5.91 Å². The fraction of sp³-hybridized carbons (Fsp3) is 0.500. The van der Waals surface area contributed by atoms with E-state index in [0.29, 0.717) is 5.92 Å². The maximum atomic E-state index is 11.8. The molecule has 1 aliphatic rings. The molecule has 3 nitrogen and oxygen atoms in total. The summed E-state index contributed by atoms with van der Waals surface area (Å²) in [7, 11) is 0. The zero-order valence-corrected chi connectivity index (χ0v) is 10.6. The number of benzene rings is 1. The topological polar surface area (TPSA) is 49.3 Å². The maximum Gasteiger partial charge on any atom is 0.227 e. The lowest BCUT2D eigenvalue weighted by Gasteiger charge is -2.12. The number of nitrogens with one attached hydrogen (secondary N) is 1. The van der Waals surface area contributed by atoms with E-state index in [0.717, 1.165) is 28.8 Å². The lowest BCUT2D eigenvalue weighted by atomic mass is 10.0. The zero-order valence-electron chi connectivity index (χ0n) is 10.6. The first-order valence-electron chi connectivity index (χ1n) is 6.04. The summed E-state index contributed by atoms with van der Waals surface area (Å²) in [5.74, 6) is 0.791. The van der Waals surface area contributed by atoms with Gasteiger partial charge in [0.1, 0.15) is 0 Å². The van der Waals surface area contributed by atoms with Crippen molar-refractivity contribution in [2.45, 2.75) is 33.8 Å². The maximum absolute atomic E-state index is 11.8. The lowest BCUT2D eigenvalue weighted by Crippen LogP contribution is -2.15. The molecule has 92 valence electrons. The molecule has 1 aromatic carbocycles. The third-order valence-electron chi connectivity index (χ3n) is 3.56. The van der Waals surface area contributed by atoms with Crippen molar-refractivity contribution in [3.8, 4) is 0 Å². The van der Waals surface area contributed by atoms with Crippen LogP contribution in [0.4, 0.5) is 5.69 Å². The number of hydrogen-bond acceptors (Lipinski definition) is 2. The molecule has 1 aromatic rings. The fourth-order valence-corrected chi connectivity index (χ4v) is 2.11. The van der Waals surface area contributed by atoms with Gasteiger partial charge in [-0.2, -0.15) is 0 Å². The van der Waals surface area contributed by atoms with Crippen LogP contribution >= 0.6 is 0 Å². The van der Waals surface area contributed by atoms with E-state index in [1.807, 2.05) is 26.0 Å². The number of aliphatic hydroxyl groups excluding tert-OH is 1. The minimum atomic E-state index is 0.00875. The summed E-state index contributed by atoms with van der Waals surface area (Å²) in [6.45, 7) is 6.04. The van der Waals surface area contributed by atoms with Crippen LogP contribution in [0, 0.1) is 25.7 Å². The molecule has 1 fully saturated rings. The van der Waals surface area contributed by atoms with E-state index in [2.05, 4.69) is 12.2 Å². The van der Waals surface area contributed by atoms with Crippen molar-refractivity contribution in [2.75, 3.05) is 5.32 Å². The van der Waals surface area contributed by atoms with E-state index >= 15 is 0 Å². The van der Waals surface area contributed by atoms with Crippen molar-refractivity contribution in [2.24, 2.45) is 11.8 Å². The molecule has 2 atom stereocenters. The SMILES string of the molecule is Cc1cc(C)c(NC(=O)[C@@H]2C[C@@H]2C)cc1CO. The first-order valence-corrected chi connectivity index (χ1v) is 6.04. The average molecular weight is 233 g/mol. The number of amides is 1. The van der Waals surface area contributed by atoms with Gasteiger partial charge in [-0.1, -0.05) is 13.0 Å². The van der Waals surface area contributed by atoms with Gasteiger partial charge >= 0.3 is 0 Å². The Hall–Kier alpha value is -1.35. The monoisotopic (exact) mass is 233 g/mol. The molecule has 17 heavy (non-hydrogen) atoms. The molecule has 1 amide bonds. The number of hydrogen-bond donors (Lipinski definition) is 2.